The van der Waals surface area contributed by atoms with Crippen molar-refractivity contribution in [3.63, 3.8) is 0 Å². The smallest absolute Gasteiger partial charge is 0.411 e. The molecule has 0 spiro atoms. The second kappa shape index (κ2) is 4.25. The van der Waals surface area contributed by atoms with E-state index in [2.05, 4.69) is 6.58 Å². The summed E-state index contributed by atoms with van der Waals surface area (Å²) in [5.74, 6) is 0. The fourth-order valence-electron chi connectivity index (χ4n) is 1.88. The van der Waals surface area contributed by atoms with E-state index in [9.17, 15) is 4.79 Å². The van der Waals surface area contributed by atoms with E-state index in [1.807, 2.05) is 33.8 Å². The standard InChI is InChI=1S/C12H21NO2/c1-6-10-8-7-9(2)13(10)11(14)15-12(3,4)5/h6,9-10H,1,7-8H2,2-5H3. The maximum atomic E-state index is 11.9. The monoisotopic (exact) mass is 211 g/mol. The molecule has 1 amide bonds. The van der Waals surface area contributed by atoms with Gasteiger partial charge < -0.3 is 4.74 Å². The minimum Gasteiger partial charge on any atom is -0.444 e. The molecule has 1 rings (SSSR count). The Kier molecular flexibility index (Phi) is 3.42. The molecule has 1 heterocycles. The molecule has 2 unspecified atom stereocenters. The van der Waals surface area contributed by atoms with Crippen LogP contribution >= 0.6 is 0 Å². The van der Waals surface area contributed by atoms with Gasteiger partial charge in [-0.3, -0.25) is 4.90 Å². The molecule has 0 N–H and O–H groups in total. The summed E-state index contributed by atoms with van der Waals surface area (Å²) in [6, 6.07) is 0.387. The van der Waals surface area contributed by atoms with Crippen LogP contribution in [0, 0.1) is 0 Å². The molecular formula is C12H21NO2. The molecule has 2 atom stereocenters. The Morgan fingerprint density at radius 2 is 2.07 bits per heavy atom. The van der Waals surface area contributed by atoms with Gasteiger partial charge in [0.15, 0.2) is 0 Å². The van der Waals surface area contributed by atoms with Crippen molar-refractivity contribution < 1.29 is 9.53 Å². The minimum atomic E-state index is -0.425. The second-order valence-corrected chi connectivity index (χ2v) is 5.12. The number of amides is 1. The summed E-state index contributed by atoms with van der Waals surface area (Å²) in [4.78, 5) is 13.7. The van der Waals surface area contributed by atoms with E-state index in [-0.39, 0.29) is 18.2 Å². The van der Waals surface area contributed by atoms with Gasteiger partial charge in [-0.25, -0.2) is 4.79 Å². The second-order valence-electron chi connectivity index (χ2n) is 5.12. The van der Waals surface area contributed by atoms with Gasteiger partial charge in [-0.05, 0) is 40.5 Å². The van der Waals surface area contributed by atoms with E-state index in [0.29, 0.717) is 0 Å². The van der Waals surface area contributed by atoms with Gasteiger partial charge in [-0.2, -0.15) is 0 Å². The predicted octanol–water partition coefficient (Wildman–Crippen LogP) is 2.96. The molecule has 3 heteroatoms. The topological polar surface area (TPSA) is 29.5 Å². The third-order valence-corrected chi connectivity index (χ3v) is 2.59. The zero-order chi connectivity index (χ0) is 11.6. The predicted molar refractivity (Wildman–Crippen MR) is 60.8 cm³/mol. The van der Waals surface area contributed by atoms with Crippen LogP contribution < -0.4 is 0 Å². The minimum absolute atomic E-state index is 0.134. The highest BCUT2D eigenvalue weighted by Gasteiger charge is 2.35. The van der Waals surface area contributed by atoms with Gasteiger partial charge in [0.05, 0.1) is 6.04 Å². The lowest BCUT2D eigenvalue weighted by Crippen LogP contribution is -2.42. The lowest BCUT2D eigenvalue weighted by Gasteiger charge is -2.30. The number of rotatable bonds is 1. The highest BCUT2D eigenvalue weighted by Crippen LogP contribution is 2.26. The summed E-state index contributed by atoms with van der Waals surface area (Å²) in [5.41, 5.74) is -0.425. The molecule has 0 radical (unpaired) electrons. The summed E-state index contributed by atoms with van der Waals surface area (Å²) in [6.07, 6.45) is 3.62. The molecule has 0 bridgehead atoms. The van der Waals surface area contributed by atoms with E-state index in [1.54, 1.807) is 4.90 Å². The number of carbonyl (C=O) groups excluding carboxylic acids is 1. The summed E-state index contributed by atoms with van der Waals surface area (Å²) in [5, 5.41) is 0. The van der Waals surface area contributed by atoms with Crippen molar-refractivity contribution in [2.75, 3.05) is 0 Å². The summed E-state index contributed by atoms with van der Waals surface area (Å²) in [6.45, 7) is 11.5. The van der Waals surface area contributed by atoms with Crippen LogP contribution in [0.3, 0.4) is 0 Å². The van der Waals surface area contributed by atoms with E-state index in [4.69, 9.17) is 4.74 Å². The van der Waals surface area contributed by atoms with Gasteiger partial charge in [0.25, 0.3) is 0 Å². The molecule has 0 aromatic heterocycles. The van der Waals surface area contributed by atoms with E-state index >= 15 is 0 Å². The Labute approximate surface area is 92.1 Å². The van der Waals surface area contributed by atoms with Crippen LogP contribution in [0.15, 0.2) is 12.7 Å². The number of likely N-dealkylation sites (tertiary alicyclic amines) is 1. The highest BCUT2D eigenvalue weighted by molar-refractivity contribution is 5.69. The van der Waals surface area contributed by atoms with Gasteiger partial charge in [0, 0.05) is 6.04 Å². The Morgan fingerprint density at radius 3 is 2.53 bits per heavy atom. The average Bonchev–Trinajstić information content (AvgIpc) is 2.43. The van der Waals surface area contributed by atoms with Crippen molar-refractivity contribution in [1.29, 1.82) is 0 Å². The van der Waals surface area contributed by atoms with Crippen LogP contribution in [0.2, 0.25) is 0 Å². The van der Waals surface area contributed by atoms with Crippen molar-refractivity contribution in [3.8, 4) is 0 Å². The third kappa shape index (κ3) is 2.98. The molecule has 15 heavy (non-hydrogen) atoms. The van der Waals surface area contributed by atoms with Gasteiger partial charge in [-0.15, -0.1) is 6.58 Å². The van der Waals surface area contributed by atoms with Crippen molar-refractivity contribution in [3.05, 3.63) is 12.7 Å². The molecule has 1 aliphatic rings. The van der Waals surface area contributed by atoms with Crippen molar-refractivity contribution in [2.24, 2.45) is 0 Å². The first kappa shape index (κ1) is 12.1. The maximum Gasteiger partial charge on any atom is 0.411 e. The molecule has 0 aliphatic carbocycles. The van der Waals surface area contributed by atoms with Crippen LogP contribution in [-0.4, -0.2) is 28.7 Å². The summed E-state index contributed by atoms with van der Waals surface area (Å²) < 4.78 is 5.36. The normalized spacial score (nSPS) is 26.5. The van der Waals surface area contributed by atoms with Crippen LogP contribution in [0.25, 0.3) is 0 Å². The Balaban J connectivity index is 2.68. The molecule has 1 fully saturated rings. The Morgan fingerprint density at radius 1 is 1.47 bits per heavy atom. The zero-order valence-corrected chi connectivity index (χ0v) is 10.1. The molecule has 0 saturated carbocycles. The number of ether oxygens (including phenoxy) is 1. The van der Waals surface area contributed by atoms with E-state index in [1.165, 1.54) is 0 Å². The third-order valence-electron chi connectivity index (χ3n) is 2.59. The first-order chi connectivity index (χ1) is 6.85. The SMILES string of the molecule is C=CC1CCC(C)N1C(=O)OC(C)(C)C. The van der Waals surface area contributed by atoms with Crippen LogP contribution in [0.5, 0.6) is 0 Å². The van der Waals surface area contributed by atoms with Crippen molar-refractivity contribution in [1.82, 2.24) is 4.90 Å². The van der Waals surface area contributed by atoms with Gasteiger partial charge in [0.2, 0.25) is 0 Å². The Bertz CT molecular complexity index is 255. The lowest BCUT2D eigenvalue weighted by atomic mass is 10.2. The average molecular weight is 211 g/mol. The van der Waals surface area contributed by atoms with Crippen molar-refractivity contribution >= 4 is 6.09 Å². The van der Waals surface area contributed by atoms with Crippen LogP contribution in [0.4, 0.5) is 4.79 Å². The maximum absolute atomic E-state index is 11.9. The molecular weight excluding hydrogens is 190 g/mol. The van der Waals surface area contributed by atoms with Gasteiger partial charge in [0.1, 0.15) is 5.60 Å². The molecule has 1 aliphatic heterocycles. The number of hydrogen-bond donors (Lipinski definition) is 0. The first-order valence-electron chi connectivity index (χ1n) is 5.49. The molecule has 86 valence electrons. The van der Waals surface area contributed by atoms with Gasteiger partial charge >= 0.3 is 6.09 Å². The first-order valence-corrected chi connectivity index (χ1v) is 5.49. The van der Waals surface area contributed by atoms with E-state index in [0.717, 1.165) is 12.8 Å². The Hall–Kier alpha value is -0.990. The summed E-state index contributed by atoms with van der Waals surface area (Å²) in [7, 11) is 0. The zero-order valence-electron chi connectivity index (χ0n) is 10.1. The van der Waals surface area contributed by atoms with Crippen molar-refractivity contribution in [2.45, 2.75) is 58.2 Å². The largest absolute Gasteiger partial charge is 0.444 e. The van der Waals surface area contributed by atoms with Crippen LogP contribution in [0.1, 0.15) is 40.5 Å². The molecule has 0 aromatic carbocycles. The van der Waals surface area contributed by atoms with Gasteiger partial charge in [-0.1, -0.05) is 6.08 Å². The number of nitrogens with zero attached hydrogens (tertiary/aromatic N) is 1. The number of hydrogen-bond acceptors (Lipinski definition) is 2. The molecule has 3 nitrogen and oxygen atoms in total. The summed E-state index contributed by atoms with van der Waals surface area (Å²) >= 11 is 0. The highest BCUT2D eigenvalue weighted by atomic mass is 16.6. The van der Waals surface area contributed by atoms with E-state index < -0.39 is 5.60 Å². The molecule has 1 saturated heterocycles. The quantitative estimate of drug-likeness (QED) is 0.624. The number of carbonyl (C=O) groups is 1. The fourth-order valence-corrected chi connectivity index (χ4v) is 1.88. The fraction of sp³-hybridized carbons (Fsp3) is 0.750. The molecule has 0 aromatic rings. The van der Waals surface area contributed by atoms with Crippen LogP contribution in [-0.2, 0) is 4.74 Å². The lowest BCUT2D eigenvalue weighted by molar-refractivity contribution is 0.0194.